The molecule has 1 saturated heterocycles. The molecule has 0 spiro atoms. The number of anilines is 1. The Kier molecular flexibility index (Phi) is 5.69. The maximum Gasteiger partial charge on any atom is 0.419 e. The van der Waals surface area contributed by atoms with E-state index in [-0.39, 0.29) is 41.7 Å². The molecule has 1 aliphatic carbocycles. The Morgan fingerprint density at radius 2 is 1.97 bits per heavy atom. The summed E-state index contributed by atoms with van der Waals surface area (Å²) >= 11 is 0. The van der Waals surface area contributed by atoms with Crippen molar-refractivity contribution >= 4 is 5.95 Å². The number of rotatable bonds is 5. The third-order valence-electron chi connectivity index (χ3n) is 6.66. The van der Waals surface area contributed by atoms with Crippen molar-refractivity contribution in [1.82, 2.24) is 25.0 Å². The Morgan fingerprint density at radius 3 is 2.63 bits per heavy atom. The third kappa shape index (κ3) is 4.21. The molecule has 1 aromatic carbocycles. The van der Waals surface area contributed by atoms with Crippen molar-refractivity contribution < 1.29 is 26.7 Å². The Bertz CT molecular complexity index is 1220. The minimum Gasteiger partial charge on any atom is -0.424 e. The molecule has 9 nitrogen and oxygen atoms in total. The van der Waals surface area contributed by atoms with Gasteiger partial charge in [0.1, 0.15) is 17.6 Å². The summed E-state index contributed by atoms with van der Waals surface area (Å²) in [6, 6.07) is 1.83. The first-order chi connectivity index (χ1) is 16.5. The maximum atomic E-state index is 13.7. The van der Waals surface area contributed by atoms with E-state index in [1.807, 2.05) is 18.7 Å². The zero-order valence-corrected chi connectivity index (χ0v) is 19.3. The molecular weight excluding hydrogens is 470 g/mol. The molecule has 3 aromatic rings. The average molecular weight is 495 g/mol. The van der Waals surface area contributed by atoms with Crippen molar-refractivity contribution in [2.24, 2.45) is 17.6 Å². The summed E-state index contributed by atoms with van der Waals surface area (Å²) in [4.78, 5) is 6.47. The van der Waals surface area contributed by atoms with E-state index in [1.165, 1.54) is 4.68 Å². The van der Waals surface area contributed by atoms with E-state index in [1.54, 1.807) is 6.92 Å². The van der Waals surface area contributed by atoms with Crippen LogP contribution < -0.4 is 15.4 Å². The highest BCUT2D eigenvalue weighted by atomic mass is 19.4. The van der Waals surface area contributed by atoms with Crippen LogP contribution in [0.3, 0.4) is 0 Å². The van der Waals surface area contributed by atoms with Gasteiger partial charge in [-0.1, -0.05) is 0 Å². The number of nitrogens with two attached hydrogens (primary N) is 1. The molecule has 5 rings (SSSR count). The third-order valence-corrected chi connectivity index (χ3v) is 6.66. The fourth-order valence-electron chi connectivity index (χ4n) is 4.99. The van der Waals surface area contributed by atoms with Gasteiger partial charge in [-0.2, -0.15) is 18.2 Å². The summed E-state index contributed by atoms with van der Waals surface area (Å²) in [5, 5.41) is 12.8. The van der Waals surface area contributed by atoms with E-state index in [2.05, 4.69) is 20.3 Å². The predicted octanol–water partition coefficient (Wildman–Crippen LogP) is 4.42. The minimum atomic E-state index is -4.86. The highest BCUT2D eigenvalue weighted by Crippen LogP contribution is 2.48. The molecule has 4 unspecified atom stereocenters. The van der Waals surface area contributed by atoms with Crippen LogP contribution in [-0.4, -0.2) is 37.5 Å². The van der Waals surface area contributed by atoms with Gasteiger partial charge in [-0.05, 0) is 50.8 Å². The number of hydrogen-bond acceptors (Lipinski definition) is 8. The number of piperidine rings is 1. The van der Waals surface area contributed by atoms with E-state index in [4.69, 9.17) is 14.9 Å². The zero-order valence-electron chi connectivity index (χ0n) is 19.3. The molecule has 4 atom stereocenters. The summed E-state index contributed by atoms with van der Waals surface area (Å²) in [5.41, 5.74) is 5.08. The lowest BCUT2D eigenvalue weighted by molar-refractivity contribution is -0.140. The van der Waals surface area contributed by atoms with Crippen LogP contribution in [0.4, 0.5) is 23.5 Å². The molecule has 2 bridgehead atoms. The Labute approximate surface area is 198 Å². The second-order valence-corrected chi connectivity index (χ2v) is 9.31. The molecule has 0 radical (unpaired) electrons. The van der Waals surface area contributed by atoms with Crippen molar-refractivity contribution in [3.63, 3.8) is 0 Å². The topological polar surface area (TPSA) is 108 Å². The first-order valence-corrected chi connectivity index (χ1v) is 11.4. The number of aryl methyl sites for hydroxylation is 1. The first kappa shape index (κ1) is 23.5. The van der Waals surface area contributed by atoms with Gasteiger partial charge in [-0.3, -0.25) is 0 Å². The van der Waals surface area contributed by atoms with E-state index in [0.29, 0.717) is 36.4 Å². The van der Waals surface area contributed by atoms with Gasteiger partial charge >= 0.3 is 12.2 Å². The molecule has 2 fully saturated rings. The lowest BCUT2D eigenvalue weighted by Gasteiger charge is -2.41. The molecule has 1 aliphatic heterocycles. The Hall–Kier alpha value is -3.22. The van der Waals surface area contributed by atoms with Crippen molar-refractivity contribution in [2.45, 2.75) is 57.9 Å². The second-order valence-electron chi connectivity index (χ2n) is 9.31. The number of alkyl halides is 3. The van der Waals surface area contributed by atoms with E-state index in [9.17, 15) is 17.6 Å². The highest BCUT2D eigenvalue weighted by molar-refractivity contribution is 5.39. The number of fused-ring (bicyclic) bond motifs is 2. The zero-order chi connectivity index (χ0) is 25.1. The molecule has 13 heteroatoms. The van der Waals surface area contributed by atoms with Gasteiger partial charge in [0.2, 0.25) is 17.7 Å². The average Bonchev–Trinajstić information content (AvgIpc) is 3.45. The summed E-state index contributed by atoms with van der Waals surface area (Å²) < 4.78 is 66.2. The van der Waals surface area contributed by atoms with Crippen molar-refractivity contribution in [1.29, 1.82) is 0 Å². The molecule has 35 heavy (non-hydrogen) atoms. The molecule has 0 amide bonds. The summed E-state index contributed by atoms with van der Waals surface area (Å²) in [6.45, 7) is 5.94. The van der Waals surface area contributed by atoms with Crippen LogP contribution in [0.1, 0.15) is 56.1 Å². The molecule has 1 saturated carbocycles. The second kappa shape index (κ2) is 8.47. The Balaban J connectivity index is 1.52. The fourth-order valence-corrected chi connectivity index (χ4v) is 4.99. The summed E-state index contributed by atoms with van der Waals surface area (Å²) in [7, 11) is 0. The summed E-state index contributed by atoms with van der Waals surface area (Å²) in [6.07, 6.45) is -3.03. The van der Waals surface area contributed by atoms with Crippen molar-refractivity contribution in [2.75, 3.05) is 11.4 Å². The fraction of sp³-hybridized carbons (Fsp3) is 0.545. The standard InChI is InChI=1S/C22H25F4N7O2/c1-10(2)33-21(35-13-5-7-16(23)15(8-13)22(24,25)26)28-20(31-33)32-9-12-4-6-14(17(12)27)18(32)19-30-29-11(3)34-19/h5,7-8,10,12,14,17-18H,4,6,9,27H2,1-3H3. The maximum absolute atomic E-state index is 13.7. The largest absolute Gasteiger partial charge is 0.424 e. The monoisotopic (exact) mass is 495 g/mol. The van der Waals surface area contributed by atoms with Gasteiger partial charge < -0.3 is 19.8 Å². The van der Waals surface area contributed by atoms with Crippen LogP contribution in [0.2, 0.25) is 0 Å². The van der Waals surface area contributed by atoms with Crippen LogP contribution in [0.15, 0.2) is 22.6 Å². The quantitative estimate of drug-likeness (QED) is 0.519. The van der Waals surface area contributed by atoms with Crippen LogP contribution in [0.25, 0.3) is 0 Å². The van der Waals surface area contributed by atoms with E-state index >= 15 is 0 Å². The number of hydrogen-bond donors (Lipinski definition) is 1. The van der Waals surface area contributed by atoms with Crippen LogP contribution in [0, 0.1) is 24.6 Å². The molecule has 2 aromatic heterocycles. The number of nitrogens with zero attached hydrogens (tertiary/aromatic N) is 6. The number of benzene rings is 1. The molecule has 3 heterocycles. The molecule has 188 valence electrons. The van der Waals surface area contributed by atoms with Gasteiger partial charge in [0.05, 0.1) is 11.6 Å². The minimum absolute atomic E-state index is 0.0163. The van der Waals surface area contributed by atoms with Crippen LogP contribution in [-0.2, 0) is 6.18 Å². The highest BCUT2D eigenvalue weighted by Gasteiger charge is 2.50. The summed E-state index contributed by atoms with van der Waals surface area (Å²) in [5.74, 6) is -0.151. The predicted molar refractivity (Wildman–Crippen MR) is 115 cm³/mol. The van der Waals surface area contributed by atoms with Crippen LogP contribution in [0.5, 0.6) is 11.8 Å². The van der Waals surface area contributed by atoms with Gasteiger partial charge in [0.25, 0.3) is 0 Å². The van der Waals surface area contributed by atoms with Gasteiger partial charge in [0, 0.05) is 25.4 Å². The number of ether oxygens (including phenoxy) is 1. The van der Waals surface area contributed by atoms with Crippen LogP contribution >= 0.6 is 0 Å². The van der Waals surface area contributed by atoms with Gasteiger partial charge in [0.15, 0.2) is 0 Å². The van der Waals surface area contributed by atoms with E-state index in [0.717, 1.165) is 18.9 Å². The smallest absolute Gasteiger partial charge is 0.419 e. The molecular formula is C22H25F4N7O2. The lowest BCUT2D eigenvalue weighted by atomic mass is 9.86. The normalized spacial score (nSPS) is 24.4. The number of aromatic nitrogens is 5. The lowest BCUT2D eigenvalue weighted by Crippen LogP contribution is -2.51. The van der Waals surface area contributed by atoms with Gasteiger partial charge in [-0.15, -0.1) is 15.3 Å². The first-order valence-electron chi connectivity index (χ1n) is 11.4. The molecule has 2 N–H and O–H groups in total. The van der Waals surface area contributed by atoms with Crippen molar-refractivity contribution in [3.05, 3.63) is 41.4 Å². The SMILES string of the molecule is Cc1nnc(C2C3CCC(CN2c2nc(Oc4ccc(F)c(C(F)(F)F)c4)n(C(C)C)n2)C3N)o1. The van der Waals surface area contributed by atoms with Gasteiger partial charge in [-0.25, -0.2) is 9.07 Å². The van der Waals surface area contributed by atoms with Crippen molar-refractivity contribution in [3.8, 4) is 11.8 Å². The Morgan fingerprint density at radius 1 is 1.20 bits per heavy atom. The molecule has 2 aliphatic rings. The van der Waals surface area contributed by atoms with E-state index < -0.39 is 17.6 Å². The number of halogens is 4.